The Hall–Kier alpha value is -2.86. The normalized spacial score (nSPS) is 18.3. The molecule has 0 fully saturated rings. The summed E-state index contributed by atoms with van der Waals surface area (Å²) in [5.41, 5.74) is 7.54. The average molecular weight is 478 g/mol. The standard InChI is InChI=1S/C28H32ClN3O2/c1-19-6-8-20(9-7-19)18-30-28(34)22-12-15-24-26(17-22)31-25(5-3-2-4-16-33)27(32-24)21-10-13-23(29)14-11-21/h6-11,13-17,22,28,30-32,34H,2-5,12,18H2,1H3. The highest BCUT2D eigenvalue weighted by Gasteiger charge is 2.27. The van der Waals surface area contributed by atoms with Crippen molar-refractivity contribution in [2.75, 3.05) is 0 Å². The number of allylic oxidation sites excluding steroid dienone is 2. The van der Waals surface area contributed by atoms with E-state index < -0.39 is 6.23 Å². The van der Waals surface area contributed by atoms with E-state index in [0.717, 1.165) is 65.9 Å². The summed E-state index contributed by atoms with van der Waals surface area (Å²) in [5, 5.41) is 22.0. The van der Waals surface area contributed by atoms with Crippen molar-refractivity contribution in [1.29, 1.82) is 0 Å². The zero-order valence-corrected chi connectivity index (χ0v) is 20.2. The van der Waals surface area contributed by atoms with Gasteiger partial charge in [0.2, 0.25) is 0 Å². The van der Waals surface area contributed by atoms with Crippen LogP contribution in [0.4, 0.5) is 0 Å². The van der Waals surface area contributed by atoms with Crippen LogP contribution in [0.2, 0.25) is 5.02 Å². The number of aryl methyl sites for hydroxylation is 1. The third-order valence-electron chi connectivity index (χ3n) is 6.29. The molecule has 0 amide bonds. The average Bonchev–Trinajstić information content (AvgIpc) is 2.86. The van der Waals surface area contributed by atoms with Crippen LogP contribution in [-0.2, 0) is 11.3 Å². The maximum absolute atomic E-state index is 10.8. The number of hydrogen-bond acceptors (Lipinski definition) is 5. The molecule has 178 valence electrons. The summed E-state index contributed by atoms with van der Waals surface area (Å²) >= 11 is 6.10. The van der Waals surface area contributed by atoms with Gasteiger partial charge in [-0.3, -0.25) is 5.32 Å². The van der Waals surface area contributed by atoms with Crippen LogP contribution in [-0.4, -0.2) is 17.6 Å². The van der Waals surface area contributed by atoms with Gasteiger partial charge in [-0.25, -0.2) is 0 Å². The smallest absolute Gasteiger partial charge is 0.119 e. The van der Waals surface area contributed by atoms with Crippen LogP contribution in [0.3, 0.4) is 0 Å². The number of unbranched alkanes of at least 4 members (excludes halogenated alkanes) is 2. The first-order valence-electron chi connectivity index (χ1n) is 11.9. The van der Waals surface area contributed by atoms with E-state index in [1.807, 2.05) is 24.3 Å². The number of aliphatic hydroxyl groups excluding tert-OH is 1. The fourth-order valence-electron chi connectivity index (χ4n) is 4.28. The van der Waals surface area contributed by atoms with Crippen LogP contribution in [0.1, 0.15) is 48.8 Å². The molecule has 1 aliphatic carbocycles. The molecule has 2 aliphatic rings. The van der Waals surface area contributed by atoms with Crippen LogP contribution in [0.5, 0.6) is 0 Å². The van der Waals surface area contributed by atoms with Crippen molar-refractivity contribution >= 4 is 23.6 Å². The number of halogens is 1. The van der Waals surface area contributed by atoms with Crippen LogP contribution in [0.25, 0.3) is 5.70 Å². The predicted molar refractivity (Wildman–Crippen MR) is 137 cm³/mol. The Labute approximate surface area is 206 Å². The van der Waals surface area contributed by atoms with Gasteiger partial charge in [-0.05, 0) is 55.9 Å². The Morgan fingerprint density at radius 2 is 1.85 bits per heavy atom. The monoisotopic (exact) mass is 477 g/mol. The van der Waals surface area contributed by atoms with E-state index in [1.165, 1.54) is 5.56 Å². The number of carbonyl (C=O) groups excluding carboxylic acids is 1. The lowest BCUT2D eigenvalue weighted by atomic mass is 9.92. The van der Waals surface area contributed by atoms with E-state index in [9.17, 15) is 9.90 Å². The maximum atomic E-state index is 10.8. The Bertz CT molecular complexity index is 1090. The lowest BCUT2D eigenvalue weighted by Crippen LogP contribution is -2.39. The molecular weight excluding hydrogens is 446 g/mol. The van der Waals surface area contributed by atoms with E-state index in [-0.39, 0.29) is 5.92 Å². The number of rotatable bonds is 10. The SMILES string of the molecule is Cc1ccc(CNC(O)C2C=C3NC(CCCCC=O)=C(c4ccc(Cl)cc4)NC3=CC2)cc1. The molecule has 2 atom stereocenters. The van der Waals surface area contributed by atoms with Crippen molar-refractivity contribution in [1.82, 2.24) is 16.0 Å². The summed E-state index contributed by atoms with van der Waals surface area (Å²) in [6, 6.07) is 16.1. The molecule has 5 nitrogen and oxygen atoms in total. The molecule has 2 unspecified atom stereocenters. The second-order valence-electron chi connectivity index (χ2n) is 8.93. The lowest BCUT2D eigenvalue weighted by Gasteiger charge is -2.33. The number of benzene rings is 2. The molecule has 4 rings (SSSR count). The molecular formula is C28H32ClN3O2. The Morgan fingerprint density at radius 3 is 2.59 bits per heavy atom. The molecule has 0 aromatic heterocycles. The predicted octanol–water partition coefficient (Wildman–Crippen LogP) is 5.17. The molecule has 0 saturated carbocycles. The molecule has 2 aromatic rings. The van der Waals surface area contributed by atoms with Crippen LogP contribution < -0.4 is 16.0 Å². The molecule has 0 saturated heterocycles. The third kappa shape index (κ3) is 6.17. The molecule has 1 aliphatic heterocycles. The molecule has 1 heterocycles. The summed E-state index contributed by atoms with van der Waals surface area (Å²) in [5.74, 6) is -0.0353. The second kappa shape index (κ2) is 11.5. The number of aliphatic hydroxyl groups is 1. The summed E-state index contributed by atoms with van der Waals surface area (Å²) in [6.07, 6.45) is 8.48. The highest BCUT2D eigenvalue weighted by atomic mass is 35.5. The molecule has 6 heteroatoms. The van der Waals surface area contributed by atoms with E-state index in [4.69, 9.17) is 11.6 Å². The second-order valence-corrected chi connectivity index (χ2v) is 9.37. The molecule has 0 bridgehead atoms. The molecule has 0 spiro atoms. The minimum absolute atomic E-state index is 0.0353. The van der Waals surface area contributed by atoms with Gasteiger partial charge in [-0.2, -0.15) is 0 Å². The number of nitrogens with one attached hydrogen (secondary N) is 3. The Morgan fingerprint density at radius 1 is 1.09 bits per heavy atom. The van der Waals surface area contributed by atoms with Gasteiger partial charge in [0, 0.05) is 29.6 Å². The summed E-state index contributed by atoms with van der Waals surface area (Å²) < 4.78 is 0. The van der Waals surface area contributed by atoms with E-state index in [2.05, 4.69) is 59.3 Å². The van der Waals surface area contributed by atoms with Gasteiger partial charge in [-0.1, -0.05) is 65.7 Å². The zero-order valence-electron chi connectivity index (χ0n) is 19.5. The number of fused-ring (bicyclic) bond motifs is 1. The molecule has 0 radical (unpaired) electrons. The van der Waals surface area contributed by atoms with Crippen LogP contribution >= 0.6 is 11.6 Å². The minimum Gasteiger partial charge on any atom is -0.378 e. The Balaban J connectivity index is 1.48. The zero-order chi connectivity index (χ0) is 23.9. The fraction of sp³-hybridized carbons (Fsp3) is 0.321. The third-order valence-corrected chi connectivity index (χ3v) is 6.54. The minimum atomic E-state index is -0.647. The summed E-state index contributed by atoms with van der Waals surface area (Å²) in [6.45, 7) is 2.69. The van der Waals surface area contributed by atoms with Crippen molar-refractivity contribution in [3.8, 4) is 0 Å². The van der Waals surface area contributed by atoms with Crippen molar-refractivity contribution in [2.45, 2.75) is 51.8 Å². The maximum Gasteiger partial charge on any atom is 0.119 e. The van der Waals surface area contributed by atoms with Gasteiger partial charge >= 0.3 is 0 Å². The lowest BCUT2D eigenvalue weighted by molar-refractivity contribution is -0.107. The quantitative estimate of drug-likeness (QED) is 0.216. The van der Waals surface area contributed by atoms with E-state index in [1.54, 1.807) is 0 Å². The number of hydrogen-bond donors (Lipinski definition) is 4. The first kappa shape index (κ1) is 24.3. The highest BCUT2D eigenvalue weighted by Crippen LogP contribution is 2.32. The molecule has 2 aromatic carbocycles. The van der Waals surface area contributed by atoms with Gasteiger partial charge < -0.3 is 20.5 Å². The van der Waals surface area contributed by atoms with Crippen LogP contribution in [0.15, 0.2) is 77.8 Å². The Kier molecular flexibility index (Phi) is 8.22. The molecule has 34 heavy (non-hydrogen) atoms. The van der Waals surface area contributed by atoms with Gasteiger partial charge in [0.25, 0.3) is 0 Å². The van der Waals surface area contributed by atoms with Crippen molar-refractivity contribution in [3.05, 3.63) is 99.5 Å². The largest absolute Gasteiger partial charge is 0.378 e. The molecule has 4 N–H and O–H groups in total. The van der Waals surface area contributed by atoms with Crippen molar-refractivity contribution in [2.24, 2.45) is 5.92 Å². The van der Waals surface area contributed by atoms with Crippen molar-refractivity contribution < 1.29 is 9.90 Å². The van der Waals surface area contributed by atoms with Gasteiger partial charge in [-0.15, -0.1) is 0 Å². The first-order chi connectivity index (χ1) is 16.5. The summed E-state index contributed by atoms with van der Waals surface area (Å²) in [4.78, 5) is 10.7. The van der Waals surface area contributed by atoms with Crippen LogP contribution in [0, 0.1) is 12.8 Å². The van der Waals surface area contributed by atoms with E-state index in [0.29, 0.717) is 18.0 Å². The van der Waals surface area contributed by atoms with Gasteiger partial charge in [0.1, 0.15) is 12.5 Å². The highest BCUT2D eigenvalue weighted by molar-refractivity contribution is 6.30. The van der Waals surface area contributed by atoms with E-state index >= 15 is 0 Å². The first-order valence-corrected chi connectivity index (χ1v) is 12.3. The van der Waals surface area contributed by atoms with Gasteiger partial charge in [0.15, 0.2) is 0 Å². The number of aldehydes is 1. The summed E-state index contributed by atoms with van der Waals surface area (Å²) in [7, 11) is 0. The fourth-order valence-corrected chi connectivity index (χ4v) is 4.40. The number of carbonyl (C=O) groups is 1. The van der Waals surface area contributed by atoms with Gasteiger partial charge in [0.05, 0.1) is 17.1 Å². The van der Waals surface area contributed by atoms with Crippen molar-refractivity contribution in [3.63, 3.8) is 0 Å². The topological polar surface area (TPSA) is 73.4 Å².